The molecule has 134 valence electrons. The van der Waals surface area contributed by atoms with Crippen LogP contribution in [0.25, 0.3) is 11.2 Å². The van der Waals surface area contributed by atoms with E-state index in [1.807, 2.05) is 0 Å². The highest BCUT2D eigenvalue weighted by molar-refractivity contribution is 7.00. The Hall–Kier alpha value is -2.49. The van der Waals surface area contributed by atoms with E-state index in [0.29, 0.717) is 11.2 Å². The molecule has 0 unspecified atom stereocenters. The lowest BCUT2D eigenvalue weighted by Crippen LogP contribution is -2.47. The van der Waals surface area contributed by atoms with Gasteiger partial charge < -0.3 is 9.80 Å². The van der Waals surface area contributed by atoms with Crippen LogP contribution in [0.3, 0.4) is 0 Å². The van der Waals surface area contributed by atoms with Gasteiger partial charge in [0.25, 0.3) is 0 Å². The zero-order valence-corrected chi connectivity index (χ0v) is 14.2. The van der Waals surface area contributed by atoms with E-state index in [9.17, 15) is 13.2 Å². The number of halogens is 3. The zero-order valence-electron chi connectivity index (χ0n) is 13.4. The van der Waals surface area contributed by atoms with E-state index in [1.165, 1.54) is 6.33 Å². The average molecular weight is 378 g/mol. The van der Waals surface area contributed by atoms with Gasteiger partial charge in [-0.2, -0.15) is 21.9 Å². The standard InChI is InChI=1S/C16H13F3N6S/c17-16(18,19)9-1-3-10(4-2-9)24-6-12-5-11(24)7-25(12)15-13-14(20-8-21-15)23-26-22-13/h1-4,8,11-12H,5-7H2/t11-,12-/m0/s1. The van der Waals surface area contributed by atoms with Crippen molar-refractivity contribution in [2.75, 3.05) is 22.9 Å². The van der Waals surface area contributed by atoms with Gasteiger partial charge in [-0.1, -0.05) is 0 Å². The second-order valence-corrected chi connectivity index (χ2v) is 7.05. The summed E-state index contributed by atoms with van der Waals surface area (Å²) in [5.41, 5.74) is 1.52. The van der Waals surface area contributed by atoms with Crippen LogP contribution in [0.5, 0.6) is 0 Å². The van der Waals surface area contributed by atoms with Gasteiger partial charge in [0, 0.05) is 24.8 Å². The maximum atomic E-state index is 12.7. The van der Waals surface area contributed by atoms with Crippen LogP contribution >= 0.6 is 11.7 Å². The molecule has 4 heterocycles. The van der Waals surface area contributed by atoms with Crippen LogP contribution < -0.4 is 9.80 Å². The van der Waals surface area contributed by atoms with Gasteiger partial charge in [-0.25, -0.2) is 9.97 Å². The van der Waals surface area contributed by atoms with Crippen molar-refractivity contribution >= 4 is 34.4 Å². The molecule has 26 heavy (non-hydrogen) atoms. The normalized spacial score (nSPS) is 22.6. The van der Waals surface area contributed by atoms with E-state index in [2.05, 4.69) is 28.5 Å². The van der Waals surface area contributed by atoms with Crippen LogP contribution in [0.1, 0.15) is 12.0 Å². The van der Waals surface area contributed by atoms with Gasteiger partial charge in [0.15, 0.2) is 17.0 Å². The minimum atomic E-state index is -4.31. The number of benzene rings is 1. The number of fused-ring (bicyclic) bond motifs is 3. The molecule has 5 rings (SSSR count). The fourth-order valence-electron chi connectivity index (χ4n) is 3.90. The molecular formula is C16H13F3N6S. The maximum Gasteiger partial charge on any atom is 0.416 e. The lowest BCUT2D eigenvalue weighted by Gasteiger charge is -2.36. The average Bonchev–Trinajstić information content (AvgIpc) is 3.35. The third-order valence-corrected chi connectivity index (χ3v) is 5.60. The Balaban J connectivity index is 1.38. The SMILES string of the molecule is FC(F)(F)c1ccc(N2C[C@@H]3C[C@H]2CN3c2ncnc3nsnc23)cc1. The summed E-state index contributed by atoms with van der Waals surface area (Å²) in [5.74, 6) is 0.795. The number of nitrogens with zero attached hydrogens (tertiary/aromatic N) is 6. The van der Waals surface area contributed by atoms with Crippen molar-refractivity contribution in [1.29, 1.82) is 0 Å². The molecule has 0 aliphatic carbocycles. The Labute approximate surface area is 150 Å². The molecule has 0 N–H and O–H groups in total. The van der Waals surface area contributed by atoms with Gasteiger partial charge in [-0.05, 0) is 30.7 Å². The molecule has 2 saturated heterocycles. The summed E-state index contributed by atoms with van der Waals surface area (Å²) in [7, 11) is 0. The fourth-order valence-corrected chi connectivity index (χ4v) is 4.40. The Morgan fingerprint density at radius 1 is 0.962 bits per heavy atom. The first-order valence-electron chi connectivity index (χ1n) is 8.14. The molecular weight excluding hydrogens is 365 g/mol. The lowest BCUT2D eigenvalue weighted by molar-refractivity contribution is -0.137. The largest absolute Gasteiger partial charge is 0.416 e. The van der Waals surface area contributed by atoms with Crippen LogP contribution in [0, 0.1) is 0 Å². The second-order valence-electron chi connectivity index (χ2n) is 6.53. The molecule has 2 atom stereocenters. The molecule has 2 bridgehead atoms. The predicted molar refractivity (Wildman–Crippen MR) is 91.3 cm³/mol. The lowest BCUT2D eigenvalue weighted by atomic mass is 10.1. The molecule has 10 heteroatoms. The van der Waals surface area contributed by atoms with Gasteiger partial charge in [-0.15, -0.1) is 0 Å². The second kappa shape index (κ2) is 5.50. The van der Waals surface area contributed by atoms with Crippen LogP contribution in [0.4, 0.5) is 24.7 Å². The number of hydrogen-bond donors (Lipinski definition) is 0. The summed E-state index contributed by atoms with van der Waals surface area (Å²) in [6.07, 6.45) is -1.86. The Kier molecular flexibility index (Phi) is 3.33. The van der Waals surface area contributed by atoms with Crippen molar-refractivity contribution in [3.63, 3.8) is 0 Å². The van der Waals surface area contributed by atoms with Gasteiger partial charge in [0.2, 0.25) is 0 Å². The van der Waals surface area contributed by atoms with Crippen molar-refractivity contribution in [1.82, 2.24) is 18.7 Å². The number of piperazine rings is 1. The summed E-state index contributed by atoms with van der Waals surface area (Å²) >= 11 is 1.12. The fraction of sp³-hybridized carbons (Fsp3) is 0.375. The molecule has 0 saturated carbocycles. The first kappa shape index (κ1) is 15.7. The summed E-state index contributed by atoms with van der Waals surface area (Å²) in [5, 5.41) is 0. The first-order chi connectivity index (χ1) is 12.5. The van der Waals surface area contributed by atoms with E-state index >= 15 is 0 Å². The topological polar surface area (TPSA) is 58.0 Å². The van der Waals surface area contributed by atoms with E-state index in [4.69, 9.17) is 0 Å². The van der Waals surface area contributed by atoms with Gasteiger partial charge in [0.1, 0.15) is 6.33 Å². The van der Waals surface area contributed by atoms with Crippen molar-refractivity contribution < 1.29 is 13.2 Å². The first-order valence-corrected chi connectivity index (χ1v) is 8.87. The highest BCUT2D eigenvalue weighted by Crippen LogP contribution is 2.39. The molecule has 3 aromatic rings. The molecule has 2 aliphatic heterocycles. The van der Waals surface area contributed by atoms with E-state index in [1.54, 1.807) is 12.1 Å². The number of anilines is 2. The van der Waals surface area contributed by atoms with Gasteiger partial charge >= 0.3 is 6.18 Å². The quantitative estimate of drug-likeness (QED) is 0.683. The highest BCUT2D eigenvalue weighted by Gasteiger charge is 2.44. The summed E-state index contributed by atoms with van der Waals surface area (Å²) in [4.78, 5) is 12.9. The zero-order chi connectivity index (χ0) is 17.9. The number of hydrogen-bond acceptors (Lipinski definition) is 7. The summed E-state index contributed by atoms with van der Waals surface area (Å²) in [6.45, 7) is 1.51. The molecule has 1 aromatic carbocycles. The number of alkyl halides is 3. The summed E-state index contributed by atoms with van der Waals surface area (Å²) < 4.78 is 46.7. The minimum absolute atomic E-state index is 0.244. The molecule has 0 radical (unpaired) electrons. The third kappa shape index (κ3) is 2.39. The van der Waals surface area contributed by atoms with Crippen molar-refractivity contribution in [2.24, 2.45) is 0 Å². The van der Waals surface area contributed by atoms with E-state index < -0.39 is 11.7 Å². The number of aromatic nitrogens is 4. The number of rotatable bonds is 2. The molecule has 2 aromatic heterocycles. The van der Waals surface area contributed by atoms with Gasteiger partial charge in [-0.3, -0.25) is 0 Å². The third-order valence-electron chi connectivity index (χ3n) is 5.08. The maximum absolute atomic E-state index is 12.7. The Bertz CT molecular complexity index is 957. The summed E-state index contributed by atoms with van der Waals surface area (Å²) in [6, 6.07) is 5.90. The van der Waals surface area contributed by atoms with Crippen LogP contribution in [-0.4, -0.2) is 43.9 Å². The van der Waals surface area contributed by atoms with E-state index in [-0.39, 0.29) is 12.1 Å². The molecule has 6 nitrogen and oxygen atoms in total. The van der Waals surface area contributed by atoms with Crippen LogP contribution in [0.15, 0.2) is 30.6 Å². The molecule has 2 aliphatic rings. The predicted octanol–water partition coefficient (Wildman–Crippen LogP) is 2.97. The smallest absolute Gasteiger partial charge is 0.365 e. The van der Waals surface area contributed by atoms with Crippen molar-refractivity contribution in [3.8, 4) is 0 Å². The molecule has 2 fully saturated rings. The van der Waals surface area contributed by atoms with Crippen LogP contribution in [-0.2, 0) is 6.18 Å². The van der Waals surface area contributed by atoms with E-state index in [0.717, 1.165) is 54.9 Å². The van der Waals surface area contributed by atoms with Crippen molar-refractivity contribution in [2.45, 2.75) is 24.7 Å². The van der Waals surface area contributed by atoms with Gasteiger partial charge in [0.05, 0.1) is 23.3 Å². The highest BCUT2D eigenvalue weighted by atomic mass is 32.1. The Morgan fingerprint density at radius 2 is 1.69 bits per heavy atom. The molecule has 0 spiro atoms. The molecule has 0 amide bonds. The monoisotopic (exact) mass is 378 g/mol. The van der Waals surface area contributed by atoms with Crippen molar-refractivity contribution in [3.05, 3.63) is 36.2 Å². The minimum Gasteiger partial charge on any atom is -0.365 e. The van der Waals surface area contributed by atoms with Crippen LogP contribution in [0.2, 0.25) is 0 Å². The Morgan fingerprint density at radius 3 is 2.38 bits per heavy atom.